The van der Waals surface area contributed by atoms with E-state index in [2.05, 4.69) is 24.4 Å². The third kappa shape index (κ3) is 2.51. The zero-order chi connectivity index (χ0) is 8.10. The van der Waals surface area contributed by atoms with E-state index in [1.165, 1.54) is 4.88 Å². The maximum Gasteiger partial charge on any atom is 0.0513 e. The van der Waals surface area contributed by atoms with Gasteiger partial charge in [0.05, 0.1) is 5.25 Å². The minimum absolute atomic E-state index is 0.514. The quantitative estimate of drug-likeness (QED) is 0.783. The first-order chi connectivity index (χ1) is 5.38. The fraction of sp³-hybridized carbons (Fsp3) is 0.500. The van der Waals surface area contributed by atoms with Crippen molar-refractivity contribution in [2.24, 2.45) is 5.73 Å². The number of thioether (sulfide) groups is 1. The van der Waals surface area contributed by atoms with E-state index >= 15 is 0 Å². The van der Waals surface area contributed by atoms with Crippen molar-refractivity contribution in [3.05, 3.63) is 22.4 Å². The van der Waals surface area contributed by atoms with Crippen LogP contribution in [-0.4, -0.2) is 12.3 Å². The molecule has 3 heteroatoms. The van der Waals surface area contributed by atoms with Crippen LogP contribution >= 0.6 is 23.1 Å². The minimum atomic E-state index is 0.514. The molecule has 1 heterocycles. The standard InChI is InChI=1S/C8H13NS2/c1-2-10-8(6-9)7-4-3-5-11-7/h3-5,8H,2,6,9H2,1H3. The molecular formula is C8H13NS2. The molecule has 11 heavy (non-hydrogen) atoms. The minimum Gasteiger partial charge on any atom is -0.329 e. The van der Waals surface area contributed by atoms with E-state index < -0.39 is 0 Å². The van der Waals surface area contributed by atoms with Crippen LogP contribution < -0.4 is 5.73 Å². The summed E-state index contributed by atoms with van der Waals surface area (Å²) >= 11 is 3.71. The number of hydrogen-bond acceptors (Lipinski definition) is 3. The smallest absolute Gasteiger partial charge is 0.0513 e. The van der Waals surface area contributed by atoms with Gasteiger partial charge in [-0.1, -0.05) is 13.0 Å². The Balaban J connectivity index is 2.56. The predicted octanol–water partition coefficient (Wildman–Crippen LogP) is 2.50. The second-order valence-electron chi connectivity index (χ2n) is 2.20. The third-order valence-electron chi connectivity index (χ3n) is 1.44. The molecule has 1 rings (SSSR count). The molecule has 1 nitrogen and oxygen atoms in total. The van der Waals surface area contributed by atoms with Crippen LogP contribution in [0.4, 0.5) is 0 Å². The van der Waals surface area contributed by atoms with Gasteiger partial charge in [0.2, 0.25) is 0 Å². The molecule has 1 aromatic rings. The van der Waals surface area contributed by atoms with Crippen molar-refractivity contribution in [1.82, 2.24) is 0 Å². The van der Waals surface area contributed by atoms with Gasteiger partial charge in [0.15, 0.2) is 0 Å². The molecule has 62 valence electrons. The van der Waals surface area contributed by atoms with Crippen molar-refractivity contribution in [2.75, 3.05) is 12.3 Å². The van der Waals surface area contributed by atoms with Crippen LogP contribution in [0.15, 0.2) is 17.5 Å². The first-order valence-corrected chi connectivity index (χ1v) is 5.66. The lowest BCUT2D eigenvalue weighted by Gasteiger charge is -2.09. The number of rotatable bonds is 4. The van der Waals surface area contributed by atoms with Gasteiger partial charge in [-0.25, -0.2) is 0 Å². The number of thiophene rings is 1. The third-order valence-corrected chi connectivity index (χ3v) is 3.76. The van der Waals surface area contributed by atoms with Gasteiger partial charge in [-0.15, -0.1) is 11.3 Å². The molecular weight excluding hydrogens is 174 g/mol. The summed E-state index contributed by atoms with van der Waals surface area (Å²) in [4.78, 5) is 1.40. The Kier molecular flexibility index (Phi) is 3.97. The average molecular weight is 187 g/mol. The molecule has 1 atom stereocenters. The van der Waals surface area contributed by atoms with Gasteiger partial charge in [0.1, 0.15) is 0 Å². The molecule has 0 amide bonds. The normalized spacial score (nSPS) is 13.3. The zero-order valence-corrected chi connectivity index (χ0v) is 8.25. The molecule has 1 unspecified atom stereocenters. The van der Waals surface area contributed by atoms with Gasteiger partial charge in [-0.05, 0) is 17.2 Å². The summed E-state index contributed by atoms with van der Waals surface area (Å²) in [5.74, 6) is 1.14. The lowest BCUT2D eigenvalue weighted by atomic mass is 10.3. The van der Waals surface area contributed by atoms with Crippen LogP contribution in [0.1, 0.15) is 17.1 Å². The Morgan fingerprint density at radius 3 is 3.00 bits per heavy atom. The van der Waals surface area contributed by atoms with E-state index in [1.807, 2.05) is 11.8 Å². The summed E-state index contributed by atoms with van der Waals surface area (Å²) in [5, 5.41) is 2.62. The van der Waals surface area contributed by atoms with Gasteiger partial charge in [0.25, 0.3) is 0 Å². The molecule has 1 aromatic heterocycles. The Morgan fingerprint density at radius 2 is 2.55 bits per heavy atom. The van der Waals surface area contributed by atoms with Crippen LogP contribution in [0.25, 0.3) is 0 Å². The highest BCUT2D eigenvalue weighted by atomic mass is 32.2. The summed E-state index contributed by atoms with van der Waals surface area (Å²) < 4.78 is 0. The van der Waals surface area contributed by atoms with Crippen molar-refractivity contribution in [2.45, 2.75) is 12.2 Å². The Labute approximate surface area is 76.0 Å². The lowest BCUT2D eigenvalue weighted by molar-refractivity contribution is 0.961. The first-order valence-electron chi connectivity index (χ1n) is 3.73. The van der Waals surface area contributed by atoms with Crippen molar-refractivity contribution >= 4 is 23.1 Å². The van der Waals surface area contributed by atoms with Crippen molar-refractivity contribution in [3.8, 4) is 0 Å². The molecule has 0 saturated carbocycles. The van der Waals surface area contributed by atoms with Crippen molar-refractivity contribution in [1.29, 1.82) is 0 Å². The first kappa shape index (κ1) is 9.10. The largest absolute Gasteiger partial charge is 0.329 e. The van der Waals surface area contributed by atoms with E-state index in [9.17, 15) is 0 Å². The summed E-state index contributed by atoms with van der Waals surface area (Å²) in [5.41, 5.74) is 5.64. The average Bonchev–Trinajstić information content (AvgIpc) is 2.52. The molecule has 0 aliphatic rings. The van der Waals surface area contributed by atoms with E-state index in [-0.39, 0.29) is 0 Å². The second kappa shape index (κ2) is 4.80. The summed E-state index contributed by atoms with van der Waals surface area (Å²) in [6.07, 6.45) is 0. The van der Waals surface area contributed by atoms with Gasteiger partial charge >= 0.3 is 0 Å². The van der Waals surface area contributed by atoms with Gasteiger partial charge in [-0.2, -0.15) is 11.8 Å². The monoisotopic (exact) mass is 187 g/mol. The SMILES string of the molecule is CCSC(CN)c1cccs1. The zero-order valence-electron chi connectivity index (χ0n) is 6.62. The molecule has 0 aliphatic heterocycles. The highest BCUT2D eigenvalue weighted by Crippen LogP contribution is 2.30. The number of hydrogen-bond donors (Lipinski definition) is 1. The molecule has 0 aliphatic carbocycles. The summed E-state index contributed by atoms with van der Waals surface area (Å²) in [6, 6.07) is 4.24. The van der Waals surface area contributed by atoms with Crippen LogP contribution in [0.5, 0.6) is 0 Å². The van der Waals surface area contributed by atoms with Gasteiger partial charge in [0, 0.05) is 11.4 Å². The lowest BCUT2D eigenvalue weighted by Crippen LogP contribution is -2.07. The molecule has 2 N–H and O–H groups in total. The van der Waals surface area contributed by atoms with Crippen LogP contribution in [0, 0.1) is 0 Å². The fourth-order valence-electron chi connectivity index (χ4n) is 0.942. The Bertz CT molecular complexity index is 184. The topological polar surface area (TPSA) is 26.0 Å². The van der Waals surface area contributed by atoms with Crippen molar-refractivity contribution < 1.29 is 0 Å². The summed E-state index contributed by atoms with van der Waals surface area (Å²) in [7, 11) is 0. The van der Waals surface area contributed by atoms with Crippen LogP contribution in [0.3, 0.4) is 0 Å². The summed E-state index contributed by atoms with van der Waals surface area (Å²) in [6.45, 7) is 2.92. The molecule has 0 radical (unpaired) electrons. The van der Waals surface area contributed by atoms with Crippen LogP contribution in [0.2, 0.25) is 0 Å². The van der Waals surface area contributed by atoms with E-state index in [4.69, 9.17) is 5.73 Å². The maximum atomic E-state index is 5.64. The molecule has 0 spiro atoms. The molecule has 0 saturated heterocycles. The van der Waals surface area contributed by atoms with E-state index in [0.29, 0.717) is 5.25 Å². The van der Waals surface area contributed by atoms with Crippen molar-refractivity contribution in [3.63, 3.8) is 0 Å². The highest BCUT2D eigenvalue weighted by Gasteiger charge is 2.08. The Hall–Kier alpha value is 0.01000. The van der Waals surface area contributed by atoms with Gasteiger partial charge in [-0.3, -0.25) is 0 Å². The molecule has 0 fully saturated rings. The van der Waals surface area contributed by atoms with E-state index in [0.717, 1.165) is 12.3 Å². The second-order valence-corrected chi connectivity index (χ2v) is 4.65. The maximum absolute atomic E-state index is 5.64. The predicted molar refractivity (Wildman–Crippen MR) is 54.2 cm³/mol. The van der Waals surface area contributed by atoms with E-state index in [1.54, 1.807) is 11.3 Å². The highest BCUT2D eigenvalue weighted by molar-refractivity contribution is 7.99. The molecule has 0 bridgehead atoms. The molecule has 0 aromatic carbocycles. The van der Waals surface area contributed by atoms with Crippen LogP contribution in [-0.2, 0) is 0 Å². The number of nitrogens with two attached hydrogens (primary N) is 1. The van der Waals surface area contributed by atoms with Gasteiger partial charge < -0.3 is 5.73 Å². The fourth-order valence-corrected chi connectivity index (χ4v) is 2.81. The Morgan fingerprint density at radius 1 is 1.73 bits per heavy atom.